The largest absolute Gasteiger partial charge is 0.354 e. The fourth-order valence-electron chi connectivity index (χ4n) is 1.16. The van der Waals surface area contributed by atoms with Gasteiger partial charge in [-0.1, -0.05) is 0 Å². The Kier molecular flexibility index (Phi) is 12.2. The SMILES string of the molecule is CSCCNC(=O)CN(CCCl)CCSC. The Bertz CT molecular complexity index is 184. The van der Waals surface area contributed by atoms with Crippen molar-refractivity contribution in [2.24, 2.45) is 0 Å². The smallest absolute Gasteiger partial charge is 0.234 e. The first-order chi connectivity index (χ1) is 7.74. The number of alkyl halides is 1. The molecule has 0 aliphatic rings. The molecular weight excluding hydrogens is 264 g/mol. The van der Waals surface area contributed by atoms with Crippen LogP contribution in [0.4, 0.5) is 0 Å². The van der Waals surface area contributed by atoms with Gasteiger partial charge in [0.15, 0.2) is 0 Å². The summed E-state index contributed by atoms with van der Waals surface area (Å²) in [6.07, 6.45) is 4.10. The van der Waals surface area contributed by atoms with Crippen molar-refractivity contribution in [2.45, 2.75) is 0 Å². The van der Waals surface area contributed by atoms with E-state index in [2.05, 4.69) is 16.5 Å². The number of rotatable bonds is 10. The average molecular weight is 285 g/mol. The van der Waals surface area contributed by atoms with Crippen LogP contribution in [0.15, 0.2) is 0 Å². The molecule has 0 saturated carbocycles. The second kappa shape index (κ2) is 11.9. The molecule has 0 rings (SSSR count). The third-order valence-electron chi connectivity index (χ3n) is 2.01. The number of carbonyl (C=O) groups is 1. The highest BCUT2D eigenvalue weighted by molar-refractivity contribution is 7.98. The van der Waals surface area contributed by atoms with Gasteiger partial charge in [0.05, 0.1) is 6.54 Å². The maximum absolute atomic E-state index is 11.6. The van der Waals surface area contributed by atoms with Crippen LogP contribution >= 0.6 is 35.1 Å². The van der Waals surface area contributed by atoms with Crippen LogP contribution in [-0.2, 0) is 4.79 Å². The summed E-state index contributed by atoms with van der Waals surface area (Å²) in [7, 11) is 0. The van der Waals surface area contributed by atoms with Gasteiger partial charge in [-0.3, -0.25) is 9.69 Å². The van der Waals surface area contributed by atoms with Gasteiger partial charge in [0.2, 0.25) is 5.91 Å². The molecule has 6 heteroatoms. The van der Waals surface area contributed by atoms with Crippen molar-refractivity contribution in [3.05, 3.63) is 0 Å². The van der Waals surface area contributed by atoms with Gasteiger partial charge >= 0.3 is 0 Å². The van der Waals surface area contributed by atoms with Crippen LogP contribution in [0.5, 0.6) is 0 Å². The number of hydrogen-bond donors (Lipinski definition) is 1. The van der Waals surface area contributed by atoms with Crippen LogP contribution in [-0.4, -0.2) is 66.9 Å². The molecule has 3 nitrogen and oxygen atoms in total. The van der Waals surface area contributed by atoms with Gasteiger partial charge < -0.3 is 5.32 Å². The predicted octanol–water partition coefficient (Wildman–Crippen LogP) is 1.37. The lowest BCUT2D eigenvalue weighted by atomic mass is 10.4. The fraction of sp³-hybridized carbons (Fsp3) is 0.900. The molecule has 96 valence electrons. The summed E-state index contributed by atoms with van der Waals surface area (Å²) in [5, 5.41) is 2.90. The number of nitrogens with zero attached hydrogens (tertiary/aromatic N) is 1. The zero-order valence-corrected chi connectivity index (χ0v) is 12.4. The van der Waals surface area contributed by atoms with Crippen LogP contribution in [0, 0.1) is 0 Å². The molecule has 0 spiro atoms. The highest BCUT2D eigenvalue weighted by atomic mass is 35.5. The summed E-state index contributed by atoms with van der Waals surface area (Å²) in [6.45, 7) is 2.90. The monoisotopic (exact) mass is 284 g/mol. The first kappa shape index (κ1) is 16.4. The second-order valence-corrected chi connectivity index (χ2v) is 5.65. The van der Waals surface area contributed by atoms with E-state index in [0.29, 0.717) is 12.4 Å². The Morgan fingerprint density at radius 3 is 2.50 bits per heavy atom. The molecule has 1 amide bonds. The van der Waals surface area contributed by atoms with Crippen LogP contribution in [0.1, 0.15) is 0 Å². The zero-order chi connectivity index (χ0) is 12.2. The molecule has 0 radical (unpaired) electrons. The topological polar surface area (TPSA) is 32.3 Å². The first-order valence-electron chi connectivity index (χ1n) is 5.27. The summed E-state index contributed by atoms with van der Waals surface area (Å²) in [4.78, 5) is 13.6. The molecule has 0 fully saturated rings. The minimum atomic E-state index is 0.0975. The summed E-state index contributed by atoms with van der Waals surface area (Å²) in [5.41, 5.74) is 0. The van der Waals surface area contributed by atoms with Crippen molar-refractivity contribution in [1.82, 2.24) is 10.2 Å². The fourth-order valence-corrected chi connectivity index (χ4v) is 2.15. The van der Waals surface area contributed by atoms with E-state index in [1.54, 1.807) is 23.5 Å². The minimum Gasteiger partial charge on any atom is -0.354 e. The first-order valence-corrected chi connectivity index (χ1v) is 8.59. The lowest BCUT2D eigenvalue weighted by molar-refractivity contribution is -0.122. The molecule has 0 aromatic carbocycles. The van der Waals surface area contributed by atoms with Crippen molar-refractivity contribution in [2.75, 3.05) is 56.1 Å². The minimum absolute atomic E-state index is 0.0975. The van der Waals surface area contributed by atoms with Gasteiger partial charge in [0.1, 0.15) is 0 Å². The van der Waals surface area contributed by atoms with E-state index in [9.17, 15) is 4.79 Å². The molecule has 0 atom stereocenters. The Hall–Kier alpha value is 0.420. The van der Waals surface area contributed by atoms with Crippen molar-refractivity contribution >= 4 is 41.0 Å². The molecule has 1 N–H and O–H groups in total. The third-order valence-corrected chi connectivity index (χ3v) is 3.38. The van der Waals surface area contributed by atoms with Crippen LogP contribution < -0.4 is 5.32 Å². The van der Waals surface area contributed by atoms with Gasteiger partial charge in [-0.05, 0) is 12.5 Å². The number of amides is 1. The Morgan fingerprint density at radius 2 is 1.94 bits per heavy atom. The molecule has 0 heterocycles. The molecule has 0 bridgehead atoms. The Balaban J connectivity index is 3.73. The van der Waals surface area contributed by atoms with Crippen molar-refractivity contribution < 1.29 is 4.79 Å². The maximum Gasteiger partial charge on any atom is 0.234 e. The van der Waals surface area contributed by atoms with E-state index in [4.69, 9.17) is 11.6 Å². The highest BCUT2D eigenvalue weighted by Gasteiger charge is 2.09. The molecule has 0 unspecified atom stereocenters. The quantitative estimate of drug-likeness (QED) is 0.485. The predicted molar refractivity (Wildman–Crippen MR) is 76.9 cm³/mol. The van der Waals surface area contributed by atoms with E-state index >= 15 is 0 Å². The highest BCUT2D eigenvalue weighted by Crippen LogP contribution is 1.96. The molecule has 0 aliphatic heterocycles. The zero-order valence-electron chi connectivity index (χ0n) is 10.00. The summed E-state index contributed by atoms with van der Waals surface area (Å²) < 4.78 is 0. The van der Waals surface area contributed by atoms with Crippen molar-refractivity contribution in [1.29, 1.82) is 0 Å². The van der Waals surface area contributed by atoms with E-state index in [1.807, 2.05) is 6.26 Å². The molecular formula is C10H21ClN2OS2. The van der Waals surface area contributed by atoms with E-state index in [0.717, 1.165) is 31.1 Å². The lowest BCUT2D eigenvalue weighted by Gasteiger charge is -2.19. The van der Waals surface area contributed by atoms with E-state index in [-0.39, 0.29) is 5.91 Å². The summed E-state index contributed by atoms with van der Waals surface area (Å²) >= 11 is 9.22. The van der Waals surface area contributed by atoms with Gasteiger partial charge in [-0.15, -0.1) is 11.6 Å². The summed E-state index contributed by atoms with van der Waals surface area (Å²) in [6, 6.07) is 0. The number of thioether (sulfide) groups is 2. The van der Waals surface area contributed by atoms with E-state index in [1.165, 1.54) is 0 Å². The number of carbonyl (C=O) groups excluding carboxylic acids is 1. The third kappa shape index (κ3) is 9.63. The molecule has 16 heavy (non-hydrogen) atoms. The molecule has 0 aromatic rings. The average Bonchev–Trinajstić information content (AvgIpc) is 2.26. The van der Waals surface area contributed by atoms with Crippen molar-refractivity contribution in [3.8, 4) is 0 Å². The van der Waals surface area contributed by atoms with Crippen LogP contribution in [0.25, 0.3) is 0 Å². The number of nitrogens with one attached hydrogen (secondary N) is 1. The molecule has 0 aromatic heterocycles. The normalized spacial score (nSPS) is 10.8. The Morgan fingerprint density at radius 1 is 1.25 bits per heavy atom. The number of hydrogen-bond acceptors (Lipinski definition) is 4. The standard InChI is InChI=1S/C10H21ClN2OS2/c1-15-7-4-12-10(14)9-13(5-3-11)6-8-16-2/h3-9H2,1-2H3,(H,12,14). The van der Waals surface area contributed by atoms with Gasteiger partial charge in [-0.25, -0.2) is 0 Å². The van der Waals surface area contributed by atoms with Crippen LogP contribution in [0.3, 0.4) is 0 Å². The molecule has 0 saturated heterocycles. The van der Waals surface area contributed by atoms with Gasteiger partial charge in [0, 0.05) is 37.0 Å². The van der Waals surface area contributed by atoms with Crippen molar-refractivity contribution in [3.63, 3.8) is 0 Å². The lowest BCUT2D eigenvalue weighted by Crippen LogP contribution is -2.39. The van der Waals surface area contributed by atoms with Gasteiger partial charge in [0.25, 0.3) is 0 Å². The second-order valence-electron chi connectivity index (χ2n) is 3.30. The number of halogens is 1. The molecule has 0 aliphatic carbocycles. The Labute approximate surface area is 112 Å². The maximum atomic E-state index is 11.6. The van der Waals surface area contributed by atoms with Gasteiger partial charge in [-0.2, -0.15) is 23.5 Å². The summed E-state index contributed by atoms with van der Waals surface area (Å²) in [5.74, 6) is 2.67. The van der Waals surface area contributed by atoms with Crippen LogP contribution in [0.2, 0.25) is 0 Å². The van der Waals surface area contributed by atoms with E-state index < -0.39 is 0 Å².